The summed E-state index contributed by atoms with van der Waals surface area (Å²) >= 11 is 0. The van der Waals surface area contributed by atoms with E-state index in [0.717, 1.165) is 42.8 Å². The highest BCUT2D eigenvalue weighted by molar-refractivity contribution is 5.75. The zero-order valence-corrected chi connectivity index (χ0v) is 14.5. The molecule has 1 aliphatic rings. The summed E-state index contributed by atoms with van der Waals surface area (Å²) in [4.78, 5) is 6.20. The highest BCUT2D eigenvalue weighted by Crippen LogP contribution is 2.22. The number of likely N-dealkylation sites (tertiary alicyclic amines) is 1. The molecule has 138 valence electrons. The molecule has 2 aromatic rings. The Balaban J connectivity index is 1.54. The van der Waals surface area contributed by atoms with Crippen LogP contribution in [0.1, 0.15) is 25.6 Å². The summed E-state index contributed by atoms with van der Waals surface area (Å²) in [5, 5.41) is 3.40. The van der Waals surface area contributed by atoms with Gasteiger partial charge in [0.1, 0.15) is 5.82 Å². The molecule has 1 N–H and O–H groups in total. The van der Waals surface area contributed by atoms with Crippen LogP contribution in [0.4, 0.5) is 13.2 Å². The SMILES string of the molecule is CCCn1c(CNCC2CCN(CC(F)(F)F)C2)nc2ccccc21. The third-order valence-electron chi connectivity index (χ3n) is 4.67. The number of alkyl halides is 3. The van der Waals surface area contributed by atoms with E-state index < -0.39 is 12.7 Å². The number of fused-ring (bicyclic) bond motifs is 1. The lowest BCUT2D eigenvalue weighted by molar-refractivity contribution is -0.143. The van der Waals surface area contributed by atoms with Crippen LogP contribution in [0.5, 0.6) is 0 Å². The van der Waals surface area contributed by atoms with E-state index in [1.54, 1.807) is 0 Å². The van der Waals surface area contributed by atoms with Gasteiger partial charge in [-0.1, -0.05) is 19.1 Å². The Bertz CT molecular complexity index is 695. The van der Waals surface area contributed by atoms with Crippen LogP contribution in [-0.4, -0.2) is 46.8 Å². The first-order chi connectivity index (χ1) is 12.0. The molecule has 1 saturated heterocycles. The number of halogens is 3. The fraction of sp³-hybridized carbons (Fsp3) is 0.611. The second kappa shape index (κ2) is 7.74. The molecule has 1 aliphatic heterocycles. The molecular weight excluding hydrogens is 329 g/mol. The zero-order chi connectivity index (χ0) is 17.9. The third-order valence-corrected chi connectivity index (χ3v) is 4.67. The van der Waals surface area contributed by atoms with Crippen molar-refractivity contribution in [3.05, 3.63) is 30.1 Å². The van der Waals surface area contributed by atoms with Crippen LogP contribution < -0.4 is 5.32 Å². The highest BCUT2D eigenvalue weighted by Gasteiger charge is 2.34. The van der Waals surface area contributed by atoms with Gasteiger partial charge in [-0.2, -0.15) is 13.2 Å². The molecule has 25 heavy (non-hydrogen) atoms. The van der Waals surface area contributed by atoms with Gasteiger partial charge < -0.3 is 9.88 Å². The molecule has 1 atom stereocenters. The van der Waals surface area contributed by atoms with Gasteiger partial charge in [0.25, 0.3) is 0 Å². The minimum Gasteiger partial charge on any atom is -0.327 e. The predicted molar refractivity (Wildman–Crippen MR) is 92.3 cm³/mol. The highest BCUT2D eigenvalue weighted by atomic mass is 19.4. The van der Waals surface area contributed by atoms with Crippen molar-refractivity contribution in [2.24, 2.45) is 5.92 Å². The summed E-state index contributed by atoms with van der Waals surface area (Å²) in [6.07, 6.45) is -2.26. The van der Waals surface area contributed by atoms with Crippen molar-refractivity contribution < 1.29 is 13.2 Å². The van der Waals surface area contributed by atoms with Crippen molar-refractivity contribution in [1.29, 1.82) is 0 Å². The van der Waals surface area contributed by atoms with Gasteiger partial charge in [0.05, 0.1) is 24.1 Å². The van der Waals surface area contributed by atoms with Crippen LogP contribution in [0.25, 0.3) is 11.0 Å². The second-order valence-corrected chi connectivity index (χ2v) is 6.80. The third kappa shape index (κ3) is 4.73. The van der Waals surface area contributed by atoms with Gasteiger partial charge in [-0.15, -0.1) is 0 Å². The Morgan fingerprint density at radius 3 is 2.84 bits per heavy atom. The van der Waals surface area contributed by atoms with E-state index in [0.29, 0.717) is 19.6 Å². The van der Waals surface area contributed by atoms with Gasteiger partial charge in [-0.3, -0.25) is 4.90 Å². The quantitative estimate of drug-likeness (QED) is 0.827. The first kappa shape index (κ1) is 18.2. The molecule has 0 bridgehead atoms. The lowest BCUT2D eigenvalue weighted by Gasteiger charge is -2.18. The average molecular weight is 354 g/mol. The fourth-order valence-corrected chi connectivity index (χ4v) is 3.60. The number of imidazole rings is 1. The first-order valence-electron chi connectivity index (χ1n) is 8.90. The fourth-order valence-electron chi connectivity index (χ4n) is 3.60. The molecule has 0 radical (unpaired) electrons. The van der Waals surface area contributed by atoms with Gasteiger partial charge in [-0.05, 0) is 44.0 Å². The summed E-state index contributed by atoms with van der Waals surface area (Å²) in [5.74, 6) is 1.26. The number of aromatic nitrogens is 2. The molecule has 0 saturated carbocycles. The average Bonchev–Trinajstić information content (AvgIpc) is 3.11. The number of hydrogen-bond acceptors (Lipinski definition) is 3. The zero-order valence-electron chi connectivity index (χ0n) is 14.5. The lowest BCUT2D eigenvalue weighted by Crippen LogP contribution is -2.33. The maximum atomic E-state index is 12.5. The molecule has 3 rings (SSSR count). The molecule has 1 unspecified atom stereocenters. The number of rotatable bonds is 7. The first-order valence-corrected chi connectivity index (χ1v) is 8.90. The van der Waals surface area contributed by atoms with Crippen molar-refractivity contribution in [1.82, 2.24) is 19.8 Å². The standard InChI is InChI=1S/C18H25F3N4/c1-2-8-25-16-6-4-3-5-15(16)23-17(25)11-22-10-14-7-9-24(12-14)13-18(19,20)21/h3-6,14,22H,2,7-13H2,1H3. The Morgan fingerprint density at radius 2 is 2.08 bits per heavy atom. The smallest absolute Gasteiger partial charge is 0.327 e. The Hall–Kier alpha value is -1.60. The Labute approximate surface area is 146 Å². The molecule has 4 nitrogen and oxygen atoms in total. The summed E-state index contributed by atoms with van der Waals surface area (Å²) in [7, 11) is 0. The molecule has 0 aliphatic carbocycles. The predicted octanol–water partition coefficient (Wildman–Crippen LogP) is 3.42. The Kier molecular flexibility index (Phi) is 5.64. The number of aryl methyl sites for hydroxylation is 1. The van der Waals surface area contributed by atoms with Crippen molar-refractivity contribution in [2.45, 2.75) is 39.0 Å². The van der Waals surface area contributed by atoms with Gasteiger partial charge in [-0.25, -0.2) is 4.98 Å². The Morgan fingerprint density at radius 1 is 1.28 bits per heavy atom. The van der Waals surface area contributed by atoms with E-state index in [9.17, 15) is 13.2 Å². The van der Waals surface area contributed by atoms with Gasteiger partial charge in [0.2, 0.25) is 0 Å². The van der Waals surface area contributed by atoms with Crippen LogP contribution >= 0.6 is 0 Å². The number of benzene rings is 1. The lowest BCUT2D eigenvalue weighted by atomic mass is 10.1. The second-order valence-electron chi connectivity index (χ2n) is 6.80. The summed E-state index contributed by atoms with van der Waals surface area (Å²) < 4.78 is 39.6. The minimum absolute atomic E-state index is 0.270. The van der Waals surface area contributed by atoms with Crippen LogP contribution in [0.15, 0.2) is 24.3 Å². The summed E-state index contributed by atoms with van der Waals surface area (Å²) in [5.41, 5.74) is 2.13. The molecule has 1 fully saturated rings. The molecule has 1 aromatic heterocycles. The number of nitrogens with zero attached hydrogens (tertiary/aromatic N) is 3. The maximum absolute atomic E-state index is 12.5. The number of nitrogens with one attached hydrogen (secondary N) is 1. The largest absolute Gasteiger partial charge is 0.401 e. The molecule has 0 amide bonds. The number of para-hydroxylation sites is 2. The van der Waals surface area contributed by atoms with Crippen LogP contribution in [0.3, 0.4) is 0 Å². The van der Waals surface area contributed by atoms with Crippen molar-refractivity contribution in [3.63, 3.8) is 0 Å². The van der Waals surface area contributed by atoms with Gasteiger partial charge >= 0.3 is 6.18 Å². The van der Waals surface area contributed by atoms with E-state index in [1.165, 1.54) is 4.90 Å². The molecular formula is C18H25F3N4. The van der Waals surface area contributed by atoms with E-state index in [4.69, 9.17) is 4.98 Å². The minimum atomic E-state index is -4.10. The van der Waals surface area contributed by atoms with Gasteiger partial charge in [0, 0.05) is 13.1 Å². The van der Waals surface area contributed by atoms with E-state index in [-0.39, 0.29) is 5.92 Å². The maximum Gasteiger partial charge on any atom is 0.401 e. The molecule has 2 heterocycles. The molecule has 1 aromatic carbocycles. The molecule has 0 spiro atoms. The van der Waals surface area contributed by atoms with E-state index in [1.807, 2.05) is 18.2 Å². The molecule has 7 heteroatoms. The summed E-state index contributed by atoms with van der Waals surface area (Å²) in [6, 6.07) is 8.09. The van der Waals surface area contributed by atoms with Crippen LogP contribution in [0, 0.1) is 5.92 Å². The van der Waals surface area contributed by atoms with Crippen LogP contribution in [0.2, 0.25) is 0 Å². The topological polar surface area (TPSA) is 33.1 Å². The van der Waals surface area contributed by atoms with Crippen molar-refractivity contribution in [3.8, 4) is 0 Å². The monoisotopic (exact) mass is 354 g/mol. The van der Waals surface area contributed by atoms with Gasteiger partial charge in [0.15, 0.2) is 0 Å². The van der Waals surface area contributed by atoms with Crippen molar-refractivity contribution in [2.75, 3.05) is 26.2 Å². The number of hydrogen-bond donors (Lipinski definition) is 1. The van der Waals surface area contributed by atoms with Crippen molar-refractivity contribution >= 4 is 11.0 Å². The summed E-state index contributed by atoms with van der Waals surface area (Å²) in [6.45, 7) is 4.67. The van der Waals surface area contributed by atoms with Crippen LogP contribution in [-0.2, 0) is 13.1 Å². The normalized spacial score (nSPS) is 19.1. The van der Waals surface area contributed by atoms with E-state index in [2.05, 4.69) is 22.9 Å². The van der Waals surface area contributed by atoms with E-state index >= 15 is 0 Å².